The number of aromatic nitrogens is 2. The van der Waals surface area contributed by atoms with Crippen LogP contribution in [0.2, 0.25) is 0 Å². The molecule has 0 bridgehead atoms. The number of benzene rings is 1. The van der Waals surface area contributed by atoms with E-state index in [0.29, 0.717) is 22.9 Å². The van der Waals surface area contributed by atoms with E-state index in [1.165, 1.54) is 0 Å². The monoisotopic (exact) mass is 277 g/mol. The van der Waals surface area contributed by atoms with Crippen molar-refractivity contribution in [2.75, 3.05) is 6.54 Å². The van der Waals surface area contributed by atoms with Crippen LogP contribution in [0.3, 0.4) is 0 Å². The molecule has 0 fully saturated rings. The second kappa shape index (κ2) is 6.21. The average molecular weight is 277 g/mol. The maximum Gasteiger partial charge on any atom is 0.258 e. The van der Waals surface area contributed by atoms with Crippen molar-refractivity contribution in [3.8, 4) is 0 Å². The zero-order valence-electron chi connectivity index (χ0n) is 11.3. The summed E-state index contributed by atoms with van der Waals surface area (Å²) in [5, 5.41) is 1.13. The minimum absolute atomic E-state index is 0.0595. The van der Waals surface area contributed by atoms with Crippen molar-refractivity contribution in [2.24, 2.45) is 5.73 Å². The van der Waals surface area contributed by atoms with E-state index >= 15 is 0 Å². The predicted octanol–water partition coefficient (Wildman–Crippen LogP) is 2.20. The molecule has 0 radical (unpaired) electrons. The molecule has 4 nitrogen and oxygen atoms in total. The minimum Gasteiger partial charge on any atom is -0.330 e. The van der Waals surface area contributed by atoms with E-state index in [-0.39, 0.29) is 5.56 Å². The lowest BCUT2D eigenvalue weighted by Gasteiger charge is -2.09. The number of nitrogens with two attached hydrogens (primary N) is 1. The van der Waals surface area contributed by atoms with Crippen molar-refractivity contribution in [1.82, 2.24) is 9.97 Å². The largest absolute Gasteiger partial charge is 0.330 e. The highest BCUT2D eigenvalue weighted by atomic mass is 32.2. The van der Waals surface area contributed by atoms with Gasteiger partial charge in [0.25, 0.3) is 5.56 Å². The molecule has 0 amide bonds. The summed E-state index contributed by atoms with van der Waals surface area (Å²) in [5.41, 5.74) is 7.30. The molecule has 0 saturated carbocycles. The SMILES string of the molecule is Cc1cccc2c(=O)[nH]c(CSC(C)CCN)nc12. The van der Waals surface area contributed by atoms with E-state index in [1.54, 1.807) is 11.8 Å². The number of aryl methyl sites for hydroxylation is 1. The number of rotatable bonds is 5. The van der Waals surface area contributed by atoms with Crippen LogP contribution in [0, 0.1) is 6.92 Å². The summed E-state index contributed by atoms with van der Waals surface area (Å²) in [4.78, 5) is 19.4. The molecule has 0 aliphatic carbocycles. The Hall–Kier alpha value is -1.33. The van der Waals surface area contributed by atoms with Crippen LogP contribution in [0.4, 0.5) is 0 Å². The van der Waals surface area contributed by atoms with E-state index < -0.39 is 0 Å². The van der Waals surface area contributed by atoms with Crippen LogP contribution >= 0.6 is 11.8 Å². The number of thioether (sulfide) groups is 1. The Morgan fingerprint density at radius 1 is 1.47 bits per heavy atom. The molecular formula is C14H19N3OS. The second-order valence-electron chi connectivity index (χ2n) is 4.68. The molecule has 0 spiro atoms. The maximum absolute atomic E-state index is 12.0. The molecule has 1 heterocycles. The van der Waals surface area contributed by atoms with Crippen molar-refractivity contribution >= 4 is 22.7 Å². The van der Waals surface area contributed by atoms with E-state index in [4.69, 9.17) is 5.73 Å². The lowest BCUT2D eigenvalue weighted by molar-refractivity contribution is 0.821. The number of nitrogens with one attached hydrogen (secondary N) is 1. The third-order valence-corrected chi connectivity index (χ3v) is 4.31. The first-order valence-corrected chi connectivity index (χ1v) is 7.47. The van der Waals surface area contributed by atoms with Gasteiger partial charge in [-0.2, -0.15) is 11.8 Å². The standard InChI is InChI=1S/C14H19N3OS/c1-9-4-3-5-11-13(9)16-12(17-14(11)18)8-19-10(2)6-7-15/h3-5,10H,6-8,15H2,1-2H3,(H,16,17,18). The van der Waals surface area contributed by atoms with Crippen LogP contribution in [0.25, 0.3) is 10.9 Å². The Balaban J connectivity index is 2.26. The molecule has 1 atom stereocenters. The maximum atomic E-state index is 12.0. The van der Waals surface area contributed by atoms with Crippen molar-refractivity contribution in [3.63, 3.8) is 0 Å². The van der Waals surface area contributed by atoms with Gasteiger partial charge in [-0.05, 0) is 31.5 Å². The first kappa shape index (κ1) is 14.1. The van der Waals surface area contributed by atoms with Gasteiger partial charge in [-0.3, -0.25) is 4.79 Å². The molecule has 5 heteroatoms. The second-order valence-corrected chi connectivity index (χ2v) is 6.11. The molecular weight excluding hydrogens is 258 g/mol. The Morgan fingerprint density at radius 2 is 2.26 bits per heavy atom. The van der Waals surface area contributed by atoms with Gasteiger partial charge in [0.1, 0.15) is 5.82 Å². The number of hydrogen-bond donors (Lipinski definition) is 2. The first-order chi connectivity index (χ1) is 9.11. The van der Waals surface area contributed by atoms with Crippen molar-refractivity contribution in [2.45, 2.75) is 31.3 Å². The van der Waals surface area contributed by atoms with E-state index in [1.807, 2.05) is 25.1 Å². The molecule has 19 heavy (non-hydrogen) atoms. The Morgan fingerprint density at radius 3 is 3.00 bits per heavy atom. The molecule has 102 valence electrons. The van der Waals surface area contributed by atoms with Gasteiger partial charge in [0.05, 0.1) is 16.7 Å². The van der Waals surface area contributed by atoms with E-state index in [0.717, 1.165) is 23.3 Å². The van der Waals surface area contributed by atoms with Crippen LogP contribution in [-0.2, 0) is 5.75 Å². The van der Waals surface area contributed by atoms with Gasteiger partial charge in [0, 0.05) is 5.25 Å². The highest BCUT2D eigenvalue weighted by molar-refractivity contribution is 7.99. The number of H-pyrrole nitrogens is 1. The zero-order valence-corrected chi connectivity index (χ0v) is 12.1. The molecule has 0 saturated heterocycles. The third kappa shape index (κ3) is 3.36. The van der Waals surface area contributed by atoms with Crippen molar-refractivity contribution in [3.05, 3.63) is 39.9 Å². The van der Waals surface area contributed by atoms with Gasteiger partial charge < -0.3 is 10.7 Å². The van der Waals surface area contributed by atoms with E-state index in [9.17, 15) is 4.79 Å². The van der Waals surface area contributed by atoms with Crippen LogP contribution in [0.1, 0.15) is 24.7 Å². The summed E-state index contributed by atoms with van der Waals surface area (Å²) in [6, 6.07) is 5.66. The summed E-state index contributed by atoms with van der Waals surface area (Å²) in [6.07, 6.45) is 0.974. The highest BCUT2D eigenvalue weighted by Crippen LogP contribution is 2.19. The molecule has 1 aromatic heterocycles. The van der Waals surface area contributed by atoms with Crippen molar-refractivity contribution < 1.29 is 0 Å². The lowest BCUT2D eigenvalue weighted by Crippen LogP contribution is -2.13. The summed E-state index contributed by atoms with van der Waals surface area (Å²) in [7, 11) is 0. The quantitative estimate of drug-likeness (QED) is 0.879. The van der Waals surface area contributed by atoms with Crippen LogP contribution in [-0.4, -0.2) is 21.8 Å². The molecule has 3 N–H and O–H groups in total. The van der Waals surface area contributed by atoms with Crippen LogP contribution in [0.15, 0.2) is 23.0 Å². The lowest BCUT2D eigenvalue weighted by atomic mass is 10.1. The number of para-hydroxylation sites is 1. The molecule has 1 unspecified atom stereocenters. The predicted molar refractivity (Wildman–Crippen MR) is 81.5 cm³/mol. The van der Waals surface area contributed by atoms with Crippen LogP contribution < -0.4 is 11.3 Å². The zero-order chi connectivity index (χ0) is 13.8. The van der Waals surface area contributed by atoms with Gasteiger partial charge in [-0.1, -0.05) is 19.1 Å². The topological polar surface area (TPSA) is 71.8 Å². The van der Waals surface area contributed by atoms with Gasteiger partial charge in [0.2, 0.25) is 0 Å². The fraction of sp³-hybridized carbons (Fsp3) is 0.429. The molecule has 2 aromatic rings. The van der Waals surface area contributed by atoms with Crippen molar-refractivity contribution in [1.29, 1.82) is 0 Å². The van der Waals surface area contributed by atoms with Crippen LogP contribution in [0.5, 0.6) is 0 Å². The summed E-state index contributed by atoms with van der Waals surface area (Å²) < 4.78 is 0. The highest BCUT2D eigenvalue weighted by Gasteiger charge is 2.07. The van der Waals surface area contributed by atoms with Gasteiger partial charge in [-0.25, -0.2) is 4.98 Å². The summed E-state index contributed by atoms with van der Waals surface area (Å²) in [5.74, 6) is 1.45. The Kier molecular flexibility index (Phi) is 4.61. The smallest absolute Gasteiger partial charge is 0.258 e. The number of aromatic amines is 1. The van der Waals surface area contributed by atoms with Gasteiger partial charge in [-0.15, -0.1) is 0 Å². The Labute approximate surface area is 116 Å². The van der Waals surface area contributed by atoms with Gasteiger partial charge in [0.15, 0.2) is 0 Å². The normalized spacial score (nSPS) is 12.8. The fourth-order valence-corrected chi connectivity index (χ4v) is 2.84. The molecule has 0 aliphatic heterocycles. The van der Waals surface area contributed by atoms with Gasteiger partial charge >= 0.3 is 0 Å². The summed E-state index contributed by atoms with van der Waals surface area (Å²) >= 11 is 1.76. The first-order valence-electron chi connectivity index (χ1n) is 6.42. The number of nitrogens with zero attached hydrogens (tertiary/aromatic N) is 1. The van der Waals surface area contributed by atoms with E-state index in [2.05, 4.69) is 16.9 Å². The summed E-state index contributed by atoms with van der Waals surface area (Å²) in [6.45, 7) is 4.81. The number of hydrogen-bond acceptors (Lipinski definition) is 4. The minimum atomic E-state index is -0.0595. The number of fused-ring (bicyclic) bond motifs is 1. The molecule has 2 rings (SSSR count). The molecule has 1 aromatic carbocycles. The molecule has 0 aliphatic rings. The third-order valence-electron chi connectivity index (χ3n) is 3.06. The Bertz CT molecular complexity index is 624. The fourth-order valence-electron chi connectivity index (χ4n) is 1.96. The average Bonchev–Trinajstić information content (AvgIpc) is 2.38.